The van der Waals surface area contributed by atoms with E-state index in [1.807, 2.05) is 0 Å². The molecule has 0 radical (unpaired) electrons. The average molecular weight is 259 g/mol. The third kappa shape index (κ3) is 1.74. The van der Waals surface area contributed by atoms with Crippen molar-refractivity contribution in [2.45, 2.75) is 0 Å². The molecule has 0 unspecified atom stereocenters. The van der Waals surface area contributed by atoms with Gasteiger partial charge in [0.15, 0.2) is 0 Å². The van der Waals surface area contributed by atoms with Crippen LogP contribution in [0.3, 0.4) is 0 Å². The maximum atomic E-state index is 12.9. The van der Waals surface area contributed by atoms with Gasteiger partial charge >= 0.3 is 5.76 Å². The zero-order valence-electron chi connectivity index (χ0n) is 6.75. The molecule has 0 aliphatic heterocycles. The first kappa shape index (κ1) is 9.14. The molecule has 2 rings (SSSR count). The molecular weight excluding hydrogens is 255 g/mol. The van der Waals surface area contributed by atoms with Crippen LogP contribution in [0.1, 0.15) is 0 Å². The van der Waals surface area contributed by atoms with Crippen LogP contribution in [0.4, 0.5) is 4.39 Å². The van der Waals surface area contributed by atoms with E-state index in [4.69, 9.17) is 0 Å². The number of halogens is 2. The van der Waals surface area contributed by atoms with Gasteiger partial charge < -0.3 is 4.42 Å². The number of aromatic nitrogens is 2. The average Bonchev–Trinajstić information content (AvgIpc) is 2.50. The van der Waals surface area contributed by atoms with Crippen molar-refractivity contribution in [3.63, 3.8) is 0 Å². The highest BCUT2D eigenvalue weighted by Gasteiger charge is 2.07. The number of aromatic amines is 1. The summed E-state index contributed by atoms with van der Waals surface area (Å²) in [5, 5.41) is 5.67. The van der Waals surface area contributed by atoms with Crippen LogP contribution in [0.2, 0.25) is 0 Å². The van der Waals surface area contributed by atoms with E-state index < -0.39 is 11.6 Å². The van der Waals surface area contributed by atoms with E-state index in [0.717, 1.165) is 0 Å². The van der Waals surface area contributed by atoms with Gasteiger partial charge in [-0.1, -0.05) is 15.9 Å². The minimum absolute atomic E-state index is 0.0650. The summed E-state index contributed by atoms with van der Waals surface area (Å²) in [4.78, 5) is 10.6. The highest BCUT2D eigenvalue weighted by Crippen LogP contribution is 2.21. The van der Waals surface area contributed by atoms with Crippen molar-refractivity contribution in [3.05, 3.63) is 39.0 Å². The van der Waals surface area contributed by atoms with Crippen molar-refractivity contribution < 1.29 is 8.81 Å². The lowest BCUT2D eigenvalue weighted by Gasteiger charge is -1.96. The lowest BCUT2D eigenvalue weighted by molar-refractivity contribution is 0.526. The highest BCUT2D eigenvalue weighted by molar-refractivity contribution is 9.10. The molecule has 0 fully saturated rings. The largest absolute Gasteiger partial charge is 0.434 e. The molecule has 0 spiro atoms. The van der Waals surface area contributed by atoms with Gasteiger partial charge in [-0.2, -0.15) is 0 Å². The fourth-order valence-electron chi connectivity index (χ4n) is 1.03. The maximum absolute atomic E-state index is 12.9. The van der Waals surface area contributed by atoms with E-state index in [2.05, 4.69) is 30.5 Å². The van der Waals surface area contributed by atoms with Gasteiger partial charge in [-0.3, -0.25) is 0 Å². The van der Waals surface area contributed by atoms with Crippen molar-refractivity contribution in [2.75, 3.05) is 0 Å². The quantitative estimate of drug-likeness (QED) is 0.851. The van der Waals surface area contributed by atoms with Gasteiger partial charge in [0.25, 0.3) is 0 Å². The Bertz CT molecular complexity index is 500. The Hall–Kier alpha value is -1.43. The van der Waals surface area contributed by atoms with Gasteiger partial charge in [0.05, 0.1) is 0 Å². The zero-order chi connectivity index (χ0) is 10.1. The smallest absolute Gasteiger partial charge is 0.388 e. The SMILES string of the molecule is O=c1[nH]nc(-c2cc(F)cc(Br)c2)o1. The lowest BCUT2D eigenvalue weighted by Crippen LogP contribution is -1.93. The first-order valence-electron chi connectivity index (χ1n) is 3.67. The number of nitrogens with zero attached hydrogens (tertiary/aromatic N) is 1. The van der Waals surface area contributed by atoms with Crippen LogP contribution >= 0.6 is 15.9 Å². The van der Waals surface area contributed by atoms with Crippen LogP contribution in [0, 0.1) is 5.82 Å². The summed E-state index contributed by atoms with van der Waals surface area (Å²) < 4.78 is 18.2. The molecule has 0 aliphatic carbocycles. The van der Waals surface area contributed by atoms with Crippen LogP contribution in [-0.4, -0.2) is 10.2 Å². The monoisotopic (exact) mass is 258 g/mol. The Morgan fingerprint density at radius 3 is 2.79 bits per heavy atom. The van der Waals surface area contributed by atoms with Gasteiger partial charge in [0.1, 0.15) is 5.82 Å². The number of nitrogens with one attached hydrogen (secondary N) is 1. The Labute approximate surface area is 85.9 Å². The van der Waals surface area contributed by atoms with Crippen molar-refractivity contribution in [2.24, 2.45) is 0 Å². The van der Waals surface area contributed by atoms with Crippen LogP contribution in [-0.2, 0) is 0 Å². The van der Waals surface area contributed by atoms with Crippen molar-refractivity contribution >= 4 is 15.9 Å². The summed E-state index contributed by atoms with van der Waals surface area (Å²) in [6, 6.07) is 4.13. The molecule has 72 valence electrons. The Kier molecular flexibility index (Phi) is 2.20. The van der Waals surface area contributed by atoms with Crippen LogP contribution in [0.5, 0.6) is 0 Å². The number of hydrogen-bond donors (Lipinski definition) is 1. The van der Waals surface area contributed by atoms with E-state index in [-0.39, 0.29) is 5.89 Å². The summed E-state index contributed by atoms with van der Waals surface area (Å²) in [5.41, 5.74) is 0.398. The normalized spacial score (nSPS) is 10.4. The zero-order valence-corrected chi connectivity index (χ0v) is 8.34. The van der Waals surface area contributed by atoms with Gasteiger partial charge in [-0.25, -0.2) is 14.3 Å². The molecule has 1 aromatic heterocycles. The first-order valence-corrected chi connectivity index (χ1v) is 4.46. The molecule has 0 saturated carbocycles. The Morgan fingerprint density at radius 2 is 2.21 bits per heavy atom. The molecule has 4 nitrogen and oxygen atoms in total. The standard InChI is InChI=1S/C8H4BrFN2O2/c9-5-1-4(2-6(10)3-5)7-11-12-8(13)14-7/h1-3H,(H,12,13). The second-order valence-corrected chi connectivity index (χ2v) is 3.49. The fraction of sp³-hybridized carbons (Fsp3) is 0. The van der Waals surface area contributed by atoms with Crippen molar-refractivity contribution in [1.82, 2.24) is 10.2 Å². The van der Waals surface area contributed by atoms with Crippen LogP contribution < -0.4 is 5.76 Å². The first-order chi connectivity index (χ1) is 6.65. The second-order valence-electron chi connectivity index (χ2n) is 2.58. The topological polar surface area (TPSA) is 58.9 Å². The Balaban J connectivity index is 2.56. The summed E-state index contributed by atoms with van der Waals surface area (Å²) in [7, 11) is 0. The predicted molar refractivity (Wildman–Crippen MR) is 50.2 cm³/mol. The lowest BCUT2D eigenvalue weighted by atomic mass is 10.2. The number of hydrogen-bond acceptors (Lipinski definition) is 3. The molecule has 0 atom stereocenters. The summed E-state index contributed by atoms with van der Waals surface area (Å²) in [6.07, 6.45) is 0. The minimum Gasteiger partial charge on any atom is -0.388 e. The van der Waals surface area contributed by atoms with E-state index >= 15 is 0 Å². The third-order valence-electron chi connectivity index (χ3n) is 1.55. The van der Waals surface area contributed by atoms with Gasteiger partial charge in [0, 0.05) is 10.0 Å². The molecular formula is C8H4BrFN2O2. The van der Waals surface area contributed by atoms with E-state index in [1.165, 1.54) is 12.1 Å². The number of rotatable bonds is 1. The maximum Gasteiger partial charge on any atom is 0.434 e. The van der Waals surface area contributed by atoms with E-state index in [0.29, 0.717) is 10.0 Å². The van der Waals surface area contributed by atoms with Gasteiger partial charge in [-0.15, -0.1) is 5.10 Å². The molecule has 2 aromatic rings. The fourth-order valence-corrected chi connectivity index (χ4v) is 1.50. The highest BCUT2D eigenvalue weighted by atomic mass is 79.9. The molecule has 14 heavy (non-hydrogen) atoms. The molecule has 0 amide bonds. The summed E-state index contributed by atoms with van der Waals surface area (Å²) >= 11 is 3.12. The third-order valence-corrected chi connectivity index (χ3v) is 2.01. The van der Waals surface area contributed by atoms with Crippen LogP contribution in [0.15, 0.2) is 31.9 Å². The molecule has 0 bridgehead atoms. The van der Waals surface area contributed by atoms with Crippen molar-refractivity contribution in [1.29, 1.82) is 0 Å². The van der Waals surface area contributed by atoms with Gasteiger partial charge in [0.2, 0.25) is 5.89 Å². The summed E-state index contributed by atoms with van der Waals surface area (Å²) in [5.74, 6) is -1.03. The minimum atomic E-state index is -0.666. The Morgan fingerprint density at radius 1 is 1.43 bits per heavy atom. The van der Waals surface area contributed by atoms with E-state index in [1.54, 1.807) is 6.07 Å². The molecule has 6 heteroatoms. The number of benzene rings is 1. The molecule has 1 N–H and O–H groups in total. The molecule has 0 aliphatic rings. The second kappa shape index (κ2) is 3.38. The molecule has 0 saturated heterocycles. The van der Waals surface area contributed by atoms with Crippen LogP contribution in [0.25, 0.3) is 11.5 Å². The van der Waals surface area contributed by atoms with Crippen molar-refractivity contribution in [3.8, 4) is 11.5 Å². The van der Waals surface area contributed by atoms with E-state index in [9.17, 15) is 9.18 Å². The van der Waals surface area contributed by atoms with Gasteiger partial charge in [-0.05, 0) is 18.2 Å². The predicted octanol–water partition coefficient (Wildman–Crippen LogP) is 1.93. The molecule has 1 aromatic carbocycles. The number of H-pyrrole nitrogens is 1. The summed E-state index contributed by atoms with van der Waals surface area (Å²) in [6.45, 7) is 0. The molecule has 1 heterocycles.